The third-order valence-corrected chi connectivity index (χ3v) is 6.92. The van der Waals surface area contributed by atoms with Crippen LogP contribution in [-0.4, -0.2) is 58.2 Å². The minimum absolute atomic E-state index is 0.332. The summed E-state index contributed by atoms with van der Waals surface area (Å²) < 4.78 is 38.0. The number of piperidine rings is 1. The fourth-order valence-corrected chi connectivity index (χ4v) is 4.64. The quantitative estimate of drug-likeness (QED) is 0.629. The number of nitrogens with one attached hydrogen (secondary N) is 1. The molecule has 146 valence electrons. The molecule has 1 aromatic rings. The number of nitrogens with zero attached hydrogens (tertiary/aromatic N) is 1. The molecule has 3 rings (SSSR count). The maximum absolute atomic E-state index is 12.8. The van der Waals surface area contributed by atoms with Crippen LogP contribution in [-0.2, 0) is 14.8 Å². The lowest BCUT2D eigenvalue weighted by Crippen LogP contribution is -2.45. The molecule has 6 nitrogen and oxygen atoms in total. The summed E-state index contributed by atoms with van der Waals surface area (Å²) in [4.78, 5) is 0.332. The van der Waals surface area contributed by atoms with Crippen LogP contribution < -0.4 is 10.1 Å². The van der Waals surface area contributed by atoms with Gasteiger partial charge < -0.3 is 14.8 Å². The molecule has 1 N–H and O–H groups in total. The van der Waals surface area contributed by atoms with Gasteiger partial charge in [-0.3, -0.25) is 0 Å². The van der Waals surface area contributed by atoms with E-state index >= 15 is 0 Å². The molecule has 0 radical (unpaired) electrons. The van der Waals surface area contributed by atoms with E-state index in [0.29, 0.717) is 49.6 Å². The summed E-state index contributed by atoms with van der Waals surface area (Å²) in [5.74, 6) is 1.51. The maximum atomic E-state index is 12.8. The Hall–Kier alpha value is -1.15. The highest BCUT2D eigenvalue weighted by Gasteiger charge is 2.30. The van der Waals surface area contributed by atoms with Crippen molar-refractivity contribution in [2.75, 3.05) is 39.5 Å². The number of benzene rings is 1. The highest BCUT2D eigenvalue weighted by Crippen LogP contribution is 2.28. The average molecular weight is 383 g/mol. The van der Waals surface area contributed by atoms with Crippen LogP contribution in [0.15, 0.2) is 29.2 Å². The smallest absolute Gasteiger partial charge is 0.243 e. The van der Waals surface area contributed by atoms with E-state index in [-0.39, 0.29) is 0 Å². The van der Waals surface area contributed by atoms with E-state index in [9.17, 15) is 8.42 Å². The summed E-state index contributed by atoms with van der Waals surface area (Å²) in [5.41, 5.74) is 0. The van der Waals surface area contributed by atoms with Crippen LogP contribution in [0.5, 0.6) is 5.75 Å². The predicted molar refractivity (Wildman–Crippen MR) is 101 cm³/mol. The Morgan fingerprint density at radius 3 is 2.38 bits per heavy atom. The molecule has 26 heavy (non-hydrogen) atoms. The fourth-order valence-electron chi connectivity index (χ4n) is 3.18. The Labute approximate surface area is 156 Å². The van der Waals surface area contributed by atoms with Gasteiger partial charge in [-0.25, -0.2) is 8.42 Å². The van der Waals surface area contributed by atoms with Gasteiger partial charge in [-0.1, -0.05) is 0 Å². The molecule has 0 aromatic heterocycles. The third kappa shape index (κ3) is 5.42. The van der Waals surface area contributed by atoms with E-state index in [1.807, 2.05) is 6.92 Å². The Bertz CT molecular complexity index is 651. The Morgan fingerprint density at radius 1 is 1.08 bits per heavy atom. The zero-order valence-electron chi connectivity index (χ0n) is 15.5. The number of hydrogen-bond donors (Lipinski definition) is 1. The van der Waals surface area contributed by atoms with Crippen molar-refractivity contribution >= 4 is 10.0 Å². The van der Waals surface area contributed by atoms with Crippen LogP contribution in [0.4, 0.5) is 0 Å². The van der Waals surface area contributed by atoms with Gasteiger partial charge in [0, 0.05) is 25.7 Å². The number of ether oxygens (including phenoxy) is 2. The van der Waals surface area contributed by atoms with Crippen LogP contribution in [0, 0.1) is 5.92 Å². The van der Waals surface area contributed by atoms with Gasteiger partial charge in [-0.15, -0.1) is 0 Å². The van der Waals surface area contributed by atoms with Crippen molar-refractivity contribution in [3.63, 3.8) is 0 Å². The van der Waals surface area contributed by atoms with Crippen LogP contribution >= 0.6 is 0 Å². The first-order chi connectivity index (χ1) is 12.6. The molecule has 1 aliphatic carbocycles. The first kappa shape index (κ1) is 19.6. The zero-order chi connectivity index (χ0) is 18.4. The van der Waals surface area contributed by atoms with Crippen molar-refractivity contribution in [2.24, 2.45) is 5.92 Å². The normalized spacial score (nSPS) is 19.6. The lowest BCUT2D eigenvalue weighted by atomic mass is 10.1. The SMILES string of the molecule is CCOCCOc1ccc(S(=O)(=O)N2CCC(NCC3CC3)CC2)cc1. The van der Waals surface area contributed by atoms with E-state index in [4.69, 9.17) is 9.47 Å². The summed E-state index contributed by atoms with van der Waals surface area (Å²) in [5, 5.41) is 3.58. The van der Waals surface area contributed by atoms with Crippen molar-refractivity contribution in [1.82, 2.24) is 9.62 Å². The van der Waals surface area contributed by atoms with E-state index in [1.54, 1.807) is 28.6 Å². The molecular formula is C19H30N2O4S. The highest BCUT2D eigenvalue weighted by molar-refractivity contribution is 7.89. The summed E-state index contributed by atoms with van der Waals surface area (Å²) in [7, 11) is -3.42. The van der Waals surface area contributed by atoms with E-state index < -0.39 is 10.0 Å². The van der Waals surface area contributed by atoms with Crippen LogP contribution in [0.1, 0.15) is 32.6 Å². The molecule has 0 spiro atoms. The van der Waals surface area contributed by atoms with Crippen molar-refractivity contribution < 1.29 is 17.9 Å². The summed E-state index contributed by atoms with van der Waals surface area (Å²) in [6.45, 7) is 5.83. The second-order valence-corrected chi connectivity index (χ2v) is 8.98. The van der Waals surface area contributed by atoms with Gasteiger partial charge in [-0.2, -0.15) is 4.31 Å². The van der Waals surface area contributed by atoms with Crippen LogP contribution in [0.3, 0.4) is 0 Å². The molecule has 0 unspecified atom stereocenters. The molecule has 1 aliphatic heterocycles. The average Bonchev–Trinajstić information content (AvgIpc) is 3.49. The molecule has 0 atom stereocenters. The third-order valence-electron chi connectivity index (χ3n) is 5.01. The molecule has 1 aromatic carbocycles. The van der Waals surface area contributed by atoms with Gasteiger partial charge in [0.1, 0.15) is 12.4 Å². The maximum Gasteiger partial charge on any atom is 0.243 e. The highest BCUT2D eigenvalue weighted by atomic mass is 32.2. The number of hydrogen-bond acceptors (Lipinski definition) is 5. The number of sulfonamides is 1. The molecule has 2 aliphatic rings. The molecule has 1 saturated carbocycles. The van der Waals surface area contributed by atoms with Gasteiger partial charge in [0.25, 0.3) is 0 Å². The summed E-state index contributed by atoms with van der Waals surface area (Å²) in [6, 6.07) is 7.13. The molecule has 0 amide bonds. The summed E-state index contributed by atoms with van der Waals surface area (Å²) in [6.07, 6.45) is 4.44. The largest absolute Gasteiger partial charge is 0.491 e. The second kappa shape index (κ2) is 9.17. The van der Waals surface area contributed by atoms with Crippen LogP contribution in [0.25, 0.3) is 0 Å². The first-order valence-electron chi connectivity index (χ1n) is 9.63. The lowest BCUT2D eigenvalue weighted by Gasteiger charge is -2.31. The van der Waals surface area contributed by atoms with E-state index in [2.05, 4.69) is 5.32 Å². The zero-order valence-corrected chi connectivity index (χ0v) is 16.3. The fraction of sp³-hybridized carbons (Fsp3) is 0.684. The summed E-state index contributed by atoms with van der Waals surface area (Å²) >= 11 is 0. The standard InChI is InChI=1S/C19H30N2O4S/c1-2-24-13-14-25-18-5-7-19(8-6-18)26(22,23)21-11-9-17(10-12-21)20-15-16-3-4-16/h5-8,16-17,20H,2-4,9-15H2,1H3. The minimum Gasteiger partial charge on any atom is -0.491 e. The van der Waals surface area contributed by atoms with Crippen molar-refractivity contribution in [2.45, 2.75) is 43.5 Å². The molecule has 1 saturated heterocycles. The van der Waals surface area contributed by atoms with Gasteiger partial charge in [0.05, 0.1) is 11.5 Å². The lowest BCUT2D eigenvalue weighted by molar-refractivity contribution is 0.110. The van der Waals surface area contributed by atoms with Crippen molar-refractivity contribution in [3.05, 3.63) is 24.3 Å². The van der Waals surface area contributed by atoms with Crippen molar-refractivity contribution in [3.8, 4) is 5.75 Å². The van der Waals surface area contributed by atoms with E-state index in [1.165, 1.54) is 12.8 Å². The molecule has 7 heteroatoms. The molecule has 2 fully saturated rings. The van der Waals surface area contributed by atoms with Crippen LogP contribution in [0.2, 0.25) is 0 Å². The minimum atomic E-state index is -3.42. The molecule has 1 heterocycles. The topological polar surface area (TPSA) is 67.9 Å². The van der Waals surface area contributed by atoms with Gasteiger partial charge in [0.2, 0.25) is 10.0 Å². The van der Waals surface area contributed by atoms with E-state index in [0.717, 1.165) is 25.3 Å². The first-order valence-corrected chi connectivity index (χ1v) is 11.1. The van der Waals surface area contributed by atoms with Crippen molar-refractivity contribution in [1.29, 1.82) is 0 Å². The van der Waals surface area contributed by atoms with Gasteiger partial charge >= 0.3 is 0 Å². The predicted octanol–water partition coefficient (Wildman–Crippen LogP) is 2.25. The Kier molecular flexibility index (Phi) is 6.92. The van der Waals surface area contributed by atoms with Gasteiger partial charge in [0.15, 0.2) is 0 Å². The number of rotatable bonds is 10. The second-order valence-electron chi connectivity index (χ2n) is 7.05. The monoisotopic (exact) mass is 382 g/mol. The Morgan fingerprint density at radius 2 is 1.77 bits per heavy atom. The van der Waals surface area contributed by atoms with Gasteiger partial charge in [-0.05, 0) is 69.3 Å². The Balaban J connectivity index is 1.49. The molecule has 0 bridgehead atoms. The molecular weight excluding hydrogens is 352 g/mol.